The summed E-state index contributed by atoms with van der Waals surface area (Å²) in [5.74, 6) is -0.0338. The summed E-state index contributed by atoms with van der Waals surface area (Å²) in [4.78, 5) is 12.5. The summed E-state index contributed by atoms with van der Waals surface area (Å²) >= 11 is 1.57. The van der Waals surface area contributed by atoms with Gasteiger partial charge in [-0.2, -0.15) is 0 Å². The van der Waals surface area contributed by atoms with E-state index in [4.69, 9.17) is 5.21 Å². The minimum Gasteiger partial charge on any atom is -0.411 e. The van der Waals surface area contributed by atoms with E-state index in [1.807, 2.05) is 41.9 Å². The molecule has 1 aliphatic carbocycles. The van der Waals surface area contributed by atoms with Crippen LogP contribution in [0.3, 0.4) is 0 Å². The number of carbonyl (C=O) groups excluding carboxylic acids is 1. The van der Waals surface area contributed by atoms with Gasteiger partial charge >= 0.3 is 0 Å². The number of allylic oxidation sites excluding steroid dienone is 4. The third kappa shape index (κ3) is 2.49. The van der Waals surface area contributed by atoms with Gasteiger partial charge in [0.05, 0.1) is 17.3 Å². The van der Waals surface area contributed by atoms with Crippen molar-refractivity contribution in [1.82, 2.24) is 9.88 Å². The van der Waals surface area contributed by atoms with Crippen molar-refractivity contribution in [1.29, 1.82) is 0 Å². The fourth-order valence-electron chi connectivity index (χ4n) is 3.28. The van der Waals surface area contributed by atoms with E-state index in [1.54, 1.807) is 11.3 Å². The molecule has 0 bridgehead atoms. The fourth-order valence-corrected chi connectivity index (χ4v) is 4.18. The summed E-state index contributed by atoms with van der Waals surface area (Å²) in [5, 5.41) is 18.6. The smallest absolute Gasteiger partial charge is 0.254 e. The molecular weight excluding hydrogens is 322 g/mol. The average Bonchev–Trinajstić information content (AvgIpc) is 3.25. The predicted octanol–water partition coefficient (Wildman–Crippen LogP) is 3.82. The van der Waals surface area contributed by atoms with Crippen molar-refractivity contribution in [2.45, 2.75) is 25.3 Å². The number of nitrogens with zero attached hydrogens (tertiary/aromatic N) is 2. The van der Waals surface area contributed by atoms with Crippen LogP contribution in [0.25, 0.3) is 5.00 Å². The second kappa shape index (κ2) is 6.13. The topological polar surface area (TPSA) is 66.6 Å². The van der Waals surface area contributed by atoms with Gasteiger partial charge in [-0.3, -0.25) is 4.79 Å². The zero-order chi connectivity index (χ0) is 16.5. The summed E-state index contributed by atoms with van der Waals surface area (Å²) in [7, 11) is 0. The molecule has 0 radical (unpaired) electrons. The van der Waals surface area contributed by atoms with Gasteiger partial charge in [-0.1, -0.05) is 23.4 Å². The number of amides is 1. The number of oxime groups is 1. The van der Waals surface area contributed by atoms with Crippen LogP contribution in [0.15, 0.2) is 58.7 Å². The van der Waals surface area contributed by atoms with E-state index in [1.165, 1.54) is 0 Å². The zero-order valence-electron chi connectivity index (χ0n) is 13.0. The molecule has 3 heterocycles. The van der Waals surface area contributed by atoms with Crippen molar-refractivity contribution in [3.8, 4) is 5.00 Å². The average molecular weight is 339 g/mol. The lowest BCUT2D eigenvalue weighted by Crippen LogP contribution is -2.27. The fraction of sp³-hybridized carbons (Fsp3) is 0.222. The number of hydrogen-bond acceptors (Lipinski definition) is 4. The van der Waals surface area contributed by atoms with Crippen molar-refractivity contribution in [2.24, 2.45) is 5.16 Å². The first-order valence-corrected chi connectivity index (χ1v) is 8.79. The van der Waals surface area contributed by atoms with Crippen LogP contribution in [0.1, 0.15) is 41.4 Å². The van der Waals surface area contributed by atoms with Gasteiger partial charge in [0.2, 0.25) is 0 Å². The number of carbonyl (C=O) groups is 1. The highest BCUT2D eigenvalue weighted by molar-refractivity contribution is 7.13. The minimum absolute atomic E-state index is 0.0338. The molecule has 1 atom stereocenters. The minimum atomic E-state index is -0.0705. The first-order chi connectivity index (χ1) is 11.8. The monoisotopic (exact) mass is 339 g/mol. The van der Waals surface area contributed by atoms with Crippen molar-refractivity contribution < 1.29 is 10.0 Å². The molecule has 0 saturated carbocycles. The molecule has 0 aromatic carbocycles. The lowest BCUT2D eigenvalue weighted by atomic mass is 9.95. The molecule has 2 aromatic rings. The number of hydrogen-bond donors (Lipinski definition) is 2. The van der Waals surface area contributed by atoms with Gasteiger partial charge in [-0.25, -0.2) is 0 Å². The molecule has 6 heteroatoms. The Morgan fingerprint density at radius 2 is 2.33 bits per heavy atom. The van der Waals surface area contributed by atoms with Gasteiger partial charge in [0, 0.05) is 18.3 Å². The number of rotatable bonds is 3. The highest BCUT2D eigenvalue weighted by atomic mass is 32.1. The van der Waals surface area contributed by atoms with Crippen LogP contribution >= 0.6 is 11.3 Å². The van der Waals surface area contributed by atoms with E-state index in [0.717, 1.165) is 34.7 Å². The largest absolute Gasteiger partial charge is 0.411 e. The van der Waals surface area contributed by atoms with E-state index in [0.29, 0.717) is 12.1 Å². The Hall–Kier alpha value is -2.60. The van der Waals surface area contributed by atoms with Crippen molar-refractivity contribution in [3.05, 3.63) is 64.8 Å². The maximum atomic E-state index is 12.5. The molecule has 4 rings (SSSR count). The summed E-state index contributed by atoms with van der Waals surface area (Å²) < 4.78 is 2.10. The first kappa shape index (κ1) is 15.0. The molecule has 1 amide bonds. The van der Waals surface area contributed by atoms with Crippen molar-refractivity contribution in [3.63, 3.8) is 0 Å². The van der Waals surface area contributed by atoms with Gasteiger partial charge in [-0.05, 0) is 42.0 Å². The molecule has 1 aliphatic heterocycles. The van der Waals surface area contributed by atoms with Crippen molar-refractivity contribution >= 4 is 23.0 Å². The Morgan fingerprint density at radius 1 is 1.42 bits per heavy atom. The Labute approximate surface area is 143 Å². The lowest BCUT2D eigenvalue weighted by molar-refractivity contribution is 0.0937. The SMILES string of the molecule is O=C1NC(CCC2=CC=CCC2=NO)c2cccn2-c2sccc21. The Morgan fingerprint density at radius 3 is 3.21 bits per heavy atom. The van der Waals surface area contributed by atoms with Gasteiger partial charge in [0.1, 0.15) is 5.00 Å². The molecule has 2 aliphatic rings. The summed E-state index contributed by atoms with van der Waals surface area (Å²) in [6, 6.07) is 5.86. The van der Waals surface area contributed by atoms with Crippen LogP contribution in [0.5, 0.6) is 0 Å². The molecule has 2 aromatic heterocycles. The standard InChI is InChI=1S/C18H17N3O2S/c22-17-13-9-11-24-18(13)21-10-3-6-16(21)15(19-17)8-7-12-4-1-2-5-14(12)20-23/h1-4,6,9-11,15,23H,5,7-8H2,(H,19,22). The Bertz CT molecular complexity index is 872. The summed E-state index contributed by atoms with van der Waals surface area (Å²) in [6.07, 6.45) is 10.1. The molecule has 0 spiro atoms. The first-order valence-electron chi connectivity index (χ1n) is 7.91. The van der Waals surface area contributed by atoms with Gasteiger partial charge < -0.3 is 15.1 Å². The van der Waals surface area contributed by atoms with Crippen molar-refractivity contribution in [2.75, 3.05) is 0 Å². The Kier molecular flexibility index (Phi) is 3.82. The summed E-state index contributed by atoms with van der Waals surface area (Å²) in [6.45, 7) is 0. The zero-order valence-corrected chi connectivity index (χ0v) is 13.8. The van der Waals surface area contributed by atoms with Gasteiger partial charge in [-0.15, -0.1) is 11.3 Å². The normalized spacial score (nSPS) is 21.0. The van der Waals surface area contributed by atoms with E-state index in [2.05, 4.69) is 21.1 Å². The highest BCUT2D eigenvalue weighted by Gasteiger charge is 2.27. The van der Waals surface area contributed by atoms with Crippen LogP contribution in [-0.2, 0) is 0 Å². The van der Waals surface area contributed by atoms with E-state index in [9.17, 15) is 4.79 Å². The number of nitrogens with one attached hydrogen (secondary N) is 1. The maximum Gasteiger partial charge on any atom is 0.254 e. The molecule has 5 nitrogen and oxygen atoms in total. The van der Waals surface area contributed by atoms with Crippen LogP contribution < -0.4 is 5.32 Å². The molecule has 1 unspecified atom stereocenters. The van der Waals surface area contributed by atoms with E-state index >= 15 is 0 Å². The van der Waals surface area contributed by atoms with Crippen LogP contribution in [0.4, 0.5) is 0 Å². The predicted molar refractivity (Wildman–Crippen MR) is 94.1 cm³/mol. The lowest BCUT2D eigenvalue weighted by Gasteiger charge is -2.19. The second-order valence-corrected chi connectivity index (χ2v) is 6.77. The second-order valence-electron chi connectivity index (χ2n) is 5.88. The van der Waals surface area contributed by atoms with Crippen LogP contribution in [0.2, 0.25) is 0 Å². The molecular formula is C18H17N3O2S. The Balaban J connectivity index is 1.61. The number of fused-ring (bicyclic) bond motifs is 3. The van der Waals surface area contributed by atoms with Gasteiger partial charge in [0.15, 0.2) is 0 Å². The summed E-state index contributed by atoms with van der Waals surface area (Å²) in [5.41, 5.74) is 3.52. The molecule has 0 fully saturated rings. The highest BCUT2D eigenvalue weighted by Crippen LogP contribution is 2.32. The van der Waals surface area contributed by atoms with Crippen LogP contribution in [-0.4, -0.2) is 21.4 Å². The quantitative estimate of drug-likeness (QED) is 0.659. The van der Waals surface area contributed by atoms with E-state index < -0.39 is 0 Å². The third-order valence-corrected chi connectivity index (χ3v) is 5.40. The number of aromatic nitrogens is 1. The van der Waals surface area contributed by atoms with E-state index in [-0.39, 0.29) is 11.9 Å². The van der Waals surface area contributed by atoms with Crippen LogP contribution in [0, 0.1) is 0 Å². The van der Waals surface area contributed by atoms with Gasteiger partial charge in [0.25, 0.3) is 5.91 Å². The maximum absolute atomic E-state index is 12.5. The molecule has 122 valence electrons. The third-order valence-electron chi connectivity index (χ3n) is 4.49. The molecule has 2 N–H and O–H groups in total. The molecule has 24 heavy (non-hydrogen) atoms. The number of thiophene rings is 1. The molecule has 0 saturated heterocycles.